The van der Waals surface area contributed by atoms with E-state index in [1.54, 1.807) is 11.9 Å². The third kappa shape index (κ3) is 3.62. The summed E-state index contributed by atoms with van der Waals surface area (Å²) in [5, 5.41) is 0. The second-order valence-electron chi connectivity index (χ2n) is 2.07. The minimum absolute atomic E-state index is 1.01. The van der Waals surface area contributed by atoms with Crippen LogP contribution in [0, 0.1) is 0 Å². The van der Waals surface area contributed by atoms with Crippen LogP contribution < -0.4 is 0 Å². The van der Waals surface area contributed by atoms with Gasteiger partial charge >= 0.3 is 0 Å². The molecule has 0 saturated carbocycles. The molecule has 0 aromatic carbocycles. The number of hydrogen-bond donors (Lipinski definition) is 0. The summed E-state index contributed by atoms with van der Waals surface area (Å²) in [5.41, 5.74) is 1.16. The standard InChI is InChI=1S/C8H15NS/c1-5-6-7-8(2)9(3)10-4/h5H,1-2,6-7H2,3-4H3. The van der Waals surface area contributed by atoms with Gasteiger partial charge in [0.25, 0.3) is 0 Å². The Morgan fingerprint density at radius 3 is 2.70 bits per heavy atom. The summed E-state index contributed by atoms with van der Waals surface area (Å²) in [5.74, 6) is 0. The first-order valence-electron chi connectivity index (χ1n) is 3.29. The fourth-order valence-electron chi connectivity index (χ4n) is 0.555. The van der Waals surface area contributed by atoms with E-state index < -0.39 is 0 Å². The van der Waals surface area contributed by atoms with Crippen LogP contribution in [-0.4, -0.2) is 17.6 Å². The summed E-state index contributed by atoms with van der Waals surface area (Å²) in [7, 11) is 2.02. The van der Waals surface area contributed by atoms with Gasteiger partial charge in [0.05, 0.1) is 0 Å². The summed E-state index contributed by atoms with van der Waals surface area (Å²) in [6, 6.07) is 0. The van der Waals surface area contributed by atoms with Crippen molar-refractivity contribution >= 4 is 11.9 Å². The van der Waals surface area contributed by atoms with Crippen LogP contribution in [0.5, 0.6) is 0 Å². The lowest BCUT2D eigenvalue weighted by molar-refractivity contribution is 0.659. The van der Waals surface area contributed by atoms with Crippen LogP contribution in [-0.2, 0) is 0 Å². The molecule has 0 aromatic heterocycles. The molecule has 0 rings (SSSR count). The molecule has 1 nitrogen and oxygen atoms in total. The van der Waals surface area contributed by atoms with E-state index in [-0.39, 0.29) is 0 Å². The van der Waals surface area contributed by atoms with Gasteiger partial charge in [-0.1, -0.05) is 24.6 Å². The minimum atomic E-state index is 1.01. The minimum Gasteiger partial charge on any atom is -0.324 e. The zero-order valence-electron chi connectivity index (χ0n) is 6.76. The Bertz CT molecular complexity index is 120. The van der Waals surface area contributed by atoms with Gasteiger partial charge in [0.1, 0.15) is 0 Å². The van der Waals surface area contributed by atoms with Crippen LogP contribution >= 0.6 is 11.9 Å². The maximum Gasteiger partial charge on any atom is 0.0179 e. The van der Waals surface area contributed by atoms with E-state index in [9.17, 15) is 0 Å². The van der Waals surface area contributed by atoms with E-state index in [1.165, 1.54) is 0 Å². The van der Waals surface area contributed by atoms with E-state index in [1.807, 2.05) is 19.4 Å². The Balaban J connectivity index is 3.51. The average molecular weight is 157 g/mol. The molecular weight excluding hydrogens is 142 g/mol. The summed E-state index contributed by atoms with van der Waals surface area (Å²) in [6.07, 6.45) is 5.99. The van der Waals surface area contributed by atoms with Gasteiger partial charge in [0.15, 0.2) is 0 Å². The maximum absolute atomic E-state index is 3.92. The highest BCUT2D eigenvalue weighted by Crippen LogP contribution is 2.13. The molecule has 0 amide bonds. The topological polar surface area (TPSA) is 3.24 Å². The molecule has 0 aliphatic rings. The molecule has 2 heteroatoms. The lowest BCUT2D eigenvalue weighted by Gasteiger charge is -2.16. The molecular formula is C8H15NS. The zero-order valence-corrected chi connectivity index (χ0v) is 7.58. The van der Waals surface area contributed by atoms with Crippen molar-refractivity contribution in [2.75, 3.05) is 13.3 Å². The van der Waals surface area contributed by atoms with Crippen molar-refractivity contribution in [2.24, 2.45) is 0 Å². The predicted octanol–water partition coefficient (Wildman–Crippen LogP) is 2.68. The number of rotatable bonds is 5. The van der Waals surface area contributed by atoms with Crippen LogP contribution in [0.1, 0.15) is 12.8 Å². The summed E-state index contributed by atoms with van der Waals surface area (Å²) >= 11 is 1.68. The Morgan fingerprint density at radius 2 is 2.30 bits per heavy atom. The summed E-state index contributed by atoms with van der Waals surface area (Å²) < 4.78 is 2.07. The number of allylic oxidation sites excluding steroid dienone is 2. The Kier molecular flexibility index (Phi) is 5.22. The molecule has 58 valence electrons. The zero-order chi connectivity index (χ0) is 7.98. The molecule has 0 N–H and O–H groups in total. The van der Waals surface area contributed by atoms with Crippen molar-refractivity contribution in [3.05, 3.63) is 24.9 Å². The smallest absolute Gasteiger partial charge is 0.0179 e. The van der Waals surface area contributed by atoms with Crippen LogP contribution in [0.3, 0.4) is 0 Å². The maximum atomic E-state index is 3.92. The van der Waals surface area contributed by atoms with E-state index >= 15 is 0 Å². The fourth-order valence-corrected chi connectivity index (χ4v) is 0.905. The molecule has 0 saturated heterocycles. The molecule has 0 atom stereocenters. The Morgan fingerprint density at radius 1 is 1.70 bits per heavy atom. The van der Waals surface area contributed by atoms with Gasteiger partial charge < -0.3 is 4.31 Å². The SMILES string of the molecule is C=CCCC(=C)N(C)SC. The third-order valence-electron chi connectivity index (χ3n) is 1.36. The van der Waals surface area contributed by atoms with Gasteiger partial charge in [0, 0.05) is 19.0 Å². The Hall–Kier alpha value is -0.370. The van der Waals surface area contributed by atoms with Gasteiger partial charge in [-0.05, 0) is 12.8 Å². The van der Waals surface area contributed by atoms with Crippen LogP contribution in [0.25, 0.3) is 0 Å². The molecule has 0 bridgehead atoms. The van der Waals surface area contributed by atoms with Crippen molar-refractivity contribution in [3.63, 3.8) is 0 Å². The van der Waals surface area contributed by atoms with E-state index in [0.29, 0.717) is 0 Å². The molecule has 10 heavy (non-hydrogen) atoms. The lowest BCUT2D eigenvalue weighted by Crippen LogP contribution is -2.05. The third-order valence-corrected chi connectivity index (χ3v) is 2.16. The first-order chi connectivity index (χ1) is 4.72. The van der Waals surface area contributed by atoms with E-state index in [4.69, 9.17) is 0 Å². The van der Waals surface area contributed by atoms with Crippen LogP contribution in [0.2, 0.25) is 0 Å². The fraction of sp³-hybridized carbons (Fsp3) is 0.500. The van der Waals surface area contributed by atoms with Crippen molar-refractivity contribution in [3.8, 4) is 0 Å². The molecule has 0 heterocycles. The first kappa shape index (κ1) is 9.63. The van der Waals surface area contributed by atoms with E-state index in [0.717, 1.165) is 18.5 Å². The second kappa shape index (κ2) is 5.42. The molecule has 0 fully saturated rings. The number of nitrogens with zero attached hydrogens (tertiary/aromatic N) is 1. The van der Waals surface area contributed by atoms with Crippen LogP contribution in [0.15, 0.2) is 24.9 Å². The highest BCUT2D eigenvalue weighted by atomic mass is 32.2. The van der Waals surface area contributed by atoms with Gasteiger partial charge in [-0.2, -0.15) is 0 Å². The molecule has 0 spiro atoms. The van der Waals surface area contributed by atoms with Crippen LogP contribution in [0.4, 0.5) is 0 Å². The number of hydrogen-bond acceptors (Lipinski definition) is 2. The van der Waals surface area contributed by atoms with Gasteiger partial charge in [0.2, 0.25) is 0 Å². The molecule has 0 unspecified atom stereocenters. The summed E-state index contributed by atoms with van der Waals surface area (Å²) in [4.78, 5) is 0. The molecule has 0 aliphatic heterocycles. The van der Waals surface area contributed by atoms with Crippen molar-refractivity contribution < 1.29 is 0 Å². The van der Waals surface area contributed by atoms with Crippen molar-refractivity contribution in [2.45, 2.75) is 12.8 Å². The second-order valence-corrected chi connectivity index (χ2v) is 2.99. The van der Waals surface area contributed by atoms with Gasteiger partial charge in [-0.3, -0.25) is 0 Å². The van der Waals surface area contributed by atoms with Crippen molar-refractivity contribution in [1.82, 2.24) is 4.31 Å². The van der Waals surface area contributed by atoms with Crippen molar-refractivity contribution in [1.29, 1.82) is 0 Å². The van der Waals surface area contributed by atoms with Gasteiger partial charge in [-0.15, -0.1) is 6.58 Å². The quantitative estimate of drug-likeness (QED) is 0.446. The molecule has 0 aliphatic carbocycles. The van der Waals surface area contributed by atoms with Gasteiger partial charge in [-0.25, -0.2) is 0 Å². The average Bonchev–Trinajstić information content (AvgIpc) is 1.98. The lowest BCUT2D eigenvalue weighted by atomic mass is 10.2. The highest BCUT2D eigenvalue weighted by molar-refractivity contribution is 7.96. The first-order valence-corrected chi connectivity index (χ1v) is 4.47. The normalized spacial score (nSPS) is 9.00. The van der Waals surface area contributed by atoms with E-state index in [2.05, 4.69) is 17.5 Å². The predicted molar refractivity (Wildman–Crippen MR) is 49.8 cm³/mol. The molecule has 0 radical (unpaired) electrons. The molecule has 0 aromatic rings. The highest BCUT2D eigenvalue weighted by Gasteiger charge is 1.96. The largest absolute Gasteiger partial charge is 0.324 e. The Labute approximate surface area is 67.9 Å². The monoisotopic (exact) mass is 157 g/mol. The summed E-state index contributed by atoms with van der Waals surface area (Å²) in [6.45, 7) is 7.57.